The van der Waals surface area contributed by atoms with E-state index in [-0.39, 0.29) is 5.91 Å². The number of aryl methyl sites for hydroxylation is 2. The van der Waals surface area contributed by atoms with Crippen molar-refractivity contribution in [3.05, 3.63) is 57.8 Å². The summed E-state index contributed by atoms with van der Waals surface area (Å²) in [6.07, 6.45) is 0. The van der Waals surface area contributed by atoms with E-state index in [0.29, 0.717) is 22.8 Å². The molecule has 1 N–H and O–H groups in total. The van der Waals surface area contributed by atoms with Crippen molar-refractivity contribution in [2.45, 2.75) is 13.8 Å². The molecule has 0 bridgehead atoms. The Morgan fingerprint density at radius 2 is 1.96 bits per heavy atom. The van der Waals surface area contributed by atoms with Crippen LogP contribution in [0.3, 0.4) is 0 Å². The van der Waals surface area contributed by atoms with E-state index in [1.54, 1.807) is 7.11 Å². The van der Waals surface area contributed by atoms with Gasteiger partial charge in [0.2, 0.25) is 0 Å². The SMILES string of the molecule is COc1ccc(C)cc1NC(=O)c1oc2ccc(Br)cc2c1C. The lowest BCUT2D eigenvalue weighted by atomic mass is 10.1. The van der Waals surface area contributed by atoms with E-state index in [9.17, 15) is 4.79 Å². The highest BCUT2D eigenvalue weighted by molar-refractivity contribution is 9.10. The Balaban J connectivity index is 1.98. The van der Waals surface area contributed by atoms with Crippen molar-refractivity contribution in [1.29, 1.82) is 0 Å². The van der Waals surface area contributed by atoms with Gasteiger partial charge in [-0.2, -0.15) is 0 Å². The third-order valence-electron chi connectivity index (χ3n) is 3.71. The number of fused-ring (bicyclic) bond motifs is 1. The quantitative estimate of drug-likeness (QED) is 0.696. The van der Waals surface area contributed by atoms with Crippen LogP contribution < -0.4 is 10.1 Å². The first-order chi connectivity index (χ1) is 11.0. The van der Waals surface area contributed by atoms with Crippen LogP contribution in [0.25, 0.3) is 11.0 Å². The van der Waals surface area contributed by atoms with Crippen LogP contribution in [-0.2, 0) is 0 Å². The Kier molecular flexibility index (Phi) is 4.13. The van der Waals surface area contributed by atoms with Gasteiger partial charge >= 0.3 is 0 Å². The fraction of sp³-hybridized carbons (Fsp3) is 0.167. The normalized spacial score (nSPS) is 10.8. The number of hydrogen-bond donors (Lipinski definition) is 1. The Hall–Kier alpha value is -2.27. The average molecular weight is 374 g/mol. The summed E-state index contributed by atoms with van der Waals surface area (Å²) in [4.78, 5) is 12.6. The van der Waals surface area contributed by atoms with Gasteiger partial charge in [0.15, 0.2) is 5.76 Å². The van der Waals surface area contributed by atoms with Crippen LogP contribution in [0.4, 0.5) is 5.69 Å². The summed E-state index contributed by atoms with van der Waals surface area (Å²) in [6.45, 7) is 3.83. The smallest absolute Gasteiger partial charge is 0.291 e. The number of carbonyl (C=O) groups is 1. The van der Waals surface area contributed by atoms with Crippen LogP contribution in [0.1, 0.15) is 21.7 Å². The fourth-order valence-electron chi connectivity index (χ4n) is 2.51. The van der Waals surface area contributed by atoms with E-state index < -0.39 is 0 Å². The third-order valence-corrected chi connectivity index (χ3v) is 4.20. The minimum absolute atomic E-state index is 0.293. The predicted molar refractivity (Wildman–Crippen MR) is 94.3 cm³/mol. The lowest BCUT2D eigenvalue weighted by Gasteiger charge is -2.10. The largest absolute Gasteiger partial charge is 0.495 e. The van der Waals surface area contributed by atoms with Crippen LogP contribution in [0.15, 0.2) is 45.3 Å². The zero-order valence-electron chi connectivity index (χ0n) is 13.1. The van der Waals surface area contributed by atoms with Crippen LogP contribution in [0, 0.1) is 13.8 Å². The molecule has 0 aliphatic carbocycles. The first kappa shape index (κ1) is 15.6. The van der Waals surface area contributed by atoms with Crippen molar-refractivity contribution in [2.24, 2.45) is 0 Å². The lowest BCUT2D eigenvalue weighted by Crippen LogP contribution is -2.13. The van der Waals surface area contributed by atoms with E-state index in [1.807, 2.05) is 50.2 Å². The molecule has 0 aliphatic heterocycles. The Bertz CT molecular complexity index is 899. The van der Waals surface area contributed by atoms with Crippen molar-refractivity contribution >= 4 is 38.5 Å². The number of nitrogens with one attached hydrogen (secondary N) is 1. The van der Waals surface area contributed by atoms with Gasteiger partial charge in [-0.3, -0.25) is 4.79 Å². The first-order valence-corrected chi connectivity index (χ1v) is 7.93. The molecule has 0 radical (unpaired) electrons. The molecule has 0 saturated carbocycles. The fourth-order valence-corrected chi connectivity index (χ4v) is 2.87. The number of halogens is 1. The maximum absolute atomic E-state index is 12.6. The number of amides is 1. The maximum Gasteiger partial charge on any atom is 0.291 e. The number of ether oxygens (including phenoxy) is 1. The topological polar surface area (TPSA) is 51.5 Å². The van der Waals surface area contributed by atoms with Gasteiger partial charge < -0.3 is 14.5 Å². The number of carbonyl (C=O) groups excluding carboxylic acids is 1. The molecule has 0 spiro atoms. The average Bonchev–Trinajstić information content (AvgIpc) is 2.84. The second-order valence-corrected chi connectivity index (χ2v) is 6.27. The van der Waals surface area contributed by atoms with Gasteiger partial charge in [-0.15, -0.1) is 0 Å². The summed E-state index contributed by atoms with van der Waals surface area (Å²) in [5.74, 6) is 0.626. The monoisotopic (exact) mass is 373 g/mol. The van der Waals surface area contributed by atoms with E-state index in [2.05, 4.69) is 21.2 Å². The maximum atomic E-state index is 12.6. The number of furan rings is 1. The molecule has 3 rings (SSSR count). The van der Waals surface area contributed by atoms with Crippen molar-refractivity contribution in [2.75, 3.05) is 12.4 Å². The molecule has 4 nitrogen and oxygen atoms in total. The Morgan fingerprint density at radius 3 is 2.70 bits per heavy atom. The highest BCUT2D eigenvalue weighted by Crippen LogP contribution is 2.30. The molecule has 1 amide bonds. The van der Waals surface area contributed by atoms with Crippen molar-refractivity contribution < 1.29 is 13.9 Å². The zero-order valence-corrected chi connectivity index (χ0v) is 14.7. The molecule has 0 aliphatic rings. The number of hydrogen-bond acceptors (Lipinski definition) is 3. The highest BCUT2D eigenvalue weighted by atomic mass is 79.9. The van der Waals surface area contributed by atoms with E-state index >= 15 is 0 Å². The molecule has 3 aromatic rings. The van der Waals surface area contributed by atoms with Gasteiger partial charge in [0, 0.05) is 15.4 Å². The van der Waals surface area contributed by atoms with Gasteiger partial charge in [-0.05, 0) is 49.7 Å². The van der Waals surface area contributed by atoms with Gasteiger partial charge in [-0.1, -0.05) is 22.0 Å². The van der Waals surface area contributed by atoms with E-state index in [0.717, 1.165) is 21.0 Å². The summed E-state index contributed by atoms with van der Waals surface area (Å²) < 4.78 is 12.0. The molecule has 0 fully saturated rings. The van der Waals surface area contributed by atoms with Crippen LogP contribution in [0.5, 0.6) is 5.75 Å². The second kappa shape index (κ2) is 6.08. The zero-order chi connectivity index (χ0) is 16.6. The number of benzene rings is 2. The van der Waals surface area contributed by atoms with Crippen LogP contribution in [0.2, 0.25) is 0 Å². The number of anilines is 1. The van der Waals surface area contributed by atoms with Crippen molar-refractivity contribution in [1.82, 2.24) is 0 Å². The Morgan fingerprint density at radius 1 is 1.17 bits per heavy atom. The molecule has 0 saturated heterocycles. The number of rotatable bonds is 3. The van der Waals surface area contributed by atoms with Gasteiger partial charge in [0.05, 0.1) is 12.8 Å². The molecule has 1 aromatic heterocycles. The summed E-state index contributed by atoms with van der Waals surface area (Å²) in [7, 11) is 1.57. The summed E-state index contributed by atoms with van der Waals surface area (Å²) in [6, 6.07) is 11.3. The van der Waals surface area contributed by atoms with E-state index in [4.69, 9.17) is 9.15 Å². The standard InChI is InChI=1S/C18H16BrNO3/c1-10-4-6-16(22-3)14(8-10)20-18(21)17-11(2)13-9-12(19)5-7-15(13)23-17/h4-9H,1-3H3,(H,20,21). The summed E-state index contributed by atoms with van der Waals surface area (Å²) >= 11 is 3.43. The molecule has 5 heteroatoms. The highest BCUT2D eigenvalue weighted by Gasteiger charge is 2.19. The molecule has 118 valence electrons. The summed E-state index contributed by atoms with van der Waals surface area (Å²) in [5, 5.41) is 3.78. The third kappa shape index (κ3) is 2.97. The van der Waals surface area contributed by atoms with Gasteiger partial charge in [-0.25, -0.2) is 0 Å². The lowest BCUT2D eigenvalue weighted by molar-refractivity contribution is 0.0997. The molecule has 2 aromatic carbocycles. The first-order valence-electron chi connectivity index (χ1n) is 7.14. The molecular formula is C18H16BrNO3. The second-order valence-electron chi connectivity index (χ2n) is 5.35. The minimum atomic E-state index is -0.293. The summed E-state index contributed by atoms with van der Waals surface area (Å²) in [5.41, 5.74) is 3.15. The van der Waals surface area contributed by atoms with Crippen LogP contribution >= 0.6 is 15.9 Å². The number of methoxy groups -OCH3 is 1. The molecular weight excluding hydrogens is 358 g/mol. The Labute approximate surface area is 142 Å². The van der Waals surface area contributed by atoms with Gasteiger partial charge in [0.25, 0.3) is 5.91 Å². The van der Waals surface area contributed by atoms with Crippen molar-refractivity contribution in [3.63, 3.8) is 0 Å². The minimum Gasteiger partial charge on any atom is -0.495 e. The van der Waals surface area contributed by atoms with Crippen LogP contribution in [-0.4, -0.2) is 13.0 Å². The molecule has 23 heavy (non-hydrogen) atoms. The van der Waals surface area contributed by atoms with Crippen molar-refractivity contribution in [3.8, 4) is 5.75 Å². The molecule has 0 unspecified atom stereocenters. The predicted octanol–water partition coefficient (Wildman–Crippen LogP) is 5.07. The van der Waals surface area contributed by atoms with Gasteiger partial charge in [0.1, 0.15) is 11.3 Å². The van der Waals surface area contributed by atoms with E-state index in [1.165, 1.54) is 0 Å². The molecule has 0 atom stereocenters. The molecule has 1 heterocycles.